The van der Waals surface area contributed by atoms with Gasteiger partial charge >= 0.3 is 12.0 Å². The zero-order chi connectivity index (χ0) is 21.0. The van der Waals surface area contributed by atoms with Crippen molar-refractivity contribution in [2.24, 2.45) is 7.05 Å². The molecule has 9 heteroatoms. The molecule has 0 aliphatic carbocycles. The van der Waals surface area contributed by atoms with Crippen LogP contribution in [0, 0.1) is 0 Å². The van der Waals surface area contributed by atoms with Crippen molar-refractivity contribution in [3.63, 3.8) is 0 Å². The number of aryl methyl sites for hydroxylation is 1. The number of carboxylic acid groups (broad SMARTS) is 1. The van der Waals surface area contributed by atoms with Crippen LogP contribution in [0.15, 0.2) is 58.8 Å². The summed E-state index contributed by atoms with van der Waals surface area (Å²) in [7, 11) is 1.48. The van der Waals surface area contributed by atoms with Crippen molar-refractivity contribution in [2.45, 2.75) is 12.5 Å². The average molecular weight is 413 g/mol. The summed E-state index contributed by atoms with van der Waals surface area (Å²) in [5, 5.41) is 25.9. The number of nitrogens with one attached hydrogen (secondary N) is 2. The van der Waals surface area contributed by atoms with Gasteiger partial charge in [0, 0.05) is 18.1 Å². The molecule has 2 amide bonds. The van der Waals surface area contributed by atoms with Gasteiger partial charge in [0.2, 0.25) is 0 Å². The van der Waals surface area contributed by atoms with Gasteiger partial charge in [-0.1, -0.05) is 24.3 Å². The van der Waals surface area contributed by atoms with Gasteiger partial charge in [-0.15, -0.1) is 11.3 Å². The fourth-order valence-corrected chi connectivity index (χ4v) is 3.55. The molecule has 3 aromatic rings. The minimum Gasteiger partial charge on any atom is -0.505 e. The van der Waals surface area contributed by atoms with Gasteiger partial charge in [-0.2, -0.15) is 0 Å². The molecule has 0 saturated heterocycles. The summed E-state index contributed by atoms with van der Waals surface area (Å²) in [4.78, 5) is 36.9. The molecule has 0 aliphatic rings. The standard InChI is InChI=1S/C20H19N3O5S/c1-23-8-7-15(24)18(19(23)27)22-20(28)21-14(11-17(25)26)12-4-2-5-13(10-12)16-6-3-9-29-16/h2-10,14,24H,11H2,1H3,(H,25,26)(H2,21,22,28). The second-order valence-corrected chi connectivity index (χ2v) is 7.29. The molecule has 2 heterocycles. The summed E-state index contributed by atoms with van der Waals surface area (Å²) in [6.07, 6.45) is 1.02. The Bertz CT molecular complexity index is 1090. The second kappa shape index (κ2) is 8.61. The summed E-state index contributed by atoms with van der Waals surface area (Å²) in [6.45, 7) is 0. The number of nitrogens with zero attached hydrogens (tertiary/aromatic N) is 1. The summed E-state index contributed by atoms with van der Waals surface area (Å²) in [5.74, 6) is -1.46. The number of anilines is 1. The maximum Gasteiger partial charge on any atom is 0.319 e. The predicted octanol–water partition coefficient (Wildman–Crippen LogP) is 3.16. The van der Waals surface area contributed by atoms with Gasteiger partial charge in [0.15, 0.2) is 5.69 Å². The largest absolute Gasteiger partial charge is 0.505 e. The number of rotatable bonds is 6. The number of hydrogen-bond donors (Lipinski definition) is 4. The molecular weight excluding hydrogens is 394 g/mol. The normalized spacial score (nSPS) is 11.6. The minimum absolute atomic E-state index is 0.283. The SMILES string of the molecule is Cn1ccc(O)c(NC(=O)NC(CC(=O)O)c2cccc(-c3cccs3)c2)c1=O. The van der Waals surface area contributed by atoms with Gasteiger partial charge in [-0.25, -0.2) is 4.79 Å². The predicted molar refractivity (Wildman–Crippen MR) is 110 cm³/mol. The van der Waals surface area contributed by atoms with E-state index in [1.54, 1.807) is 23.5 Å². The van der Waals surface area contributed by atoms with E-state index in [9.17, 15) is 24.6 Å². The van der Waals surface area contributed by atoms with Crippen LogP contribution in [-0.2, 0) is 11.8 Å². The molecule has 3 rings (SSSR count). The Hall–Kier alpha value is -3.59. The van der Waals surface area contributed by atoms with Crippen LogP contribution in [0.2, 0.25) is 0 Å². The Morgan fingerprint density at radius 1 is 1.21 bits per heavy atom. The van der Waals surface area contributed by atoms with Crippen LogP contribution >= 0.6 is 11.3 Å². The Morgan fingerprint density at radius 2 is 2.00 bits per heavy atom. The van der Waals surface area contributed by atoms with Crippen molar-refractivity contribution in [2.75, 3.05) is 5.32 Å². The minimum atomic E-state index is -1.09. The lowest BCUT2D eigenvalue weighted by Crippen LogP contribution is -2.35. The number of benzene rings is 1. The highest BCUT2D eigenvalue weighted by Gasteiger charge is 2.20. The highest BCUT2D eigenvalue weighted by molar-refractivity contribution is 7.13. The Kier molecular flexibility index (Phi) is 5.99. The first-order valence-corrected chi connectivity index (χ1v) is 9.55. The lowest BCUT2D eigenvalue weighted by atomic mass is 10.0. The first-order valence-electron chi connectivity index (χ1n) is 8.67. The van der Waals surface area contributed by atoms with Crippen LogP contribution < -0.4 is 16.2 Å². The van der Waals surface area contributed by atoms with Crippen molar-refractivity contribution in [1.82, 2.24) is 9.88 Å². The topological polar surface area (TPSA) is 121 Å². The zero-order valence-corrected chi connectivity index (χ0v) is 16.3. The van der Waals surface area contributed by atoms with Gasteiger partial charge in [-0.05, 0) is 34.7 Å². The number of thiophene rings is 1. The summed E-state index contributed by atoms with van der Waals surface area (Å²) >= 11 is 1.55. The van der Waals surface area contributed by atoms with E-state index >= 15 is 0 Å². The van der Waals surface area contributed by atoms with E-state index in [1.165, 1.54) is 23.9 Å². The van der Waals surface area contributed by atoms with Gasteiger partial charge in [0.25, 0.3) is 5.56 Å². The summed E-state index contributed by atoms with van der Waals surface area (Å²) in [6, 6.07) is 10.7. The average Bonchev–Trinajstić information content (AvgIpc) is 3.22. The number of amides is 2. The van der Waals surface area contributed by atoms with Crippen LogP contribution in [0.25, 0.3) is 10.4 Å². The fourth-order valence-electron chi connectivity index (χ4n) is 2.82. The monoisotopic (exact) mass is 413 g/mol. The third-order valence-electron chi connectivity index (χ3n) is 4.26. The van der Waals surface area contributed by atoms with E-state index in [0.29, 0.717) is 5.56 Å². The lowest BCUT2D eigenvalue weighted by molar-refractivity contribution is -0.137. The highest BCUT2D eigenvalue weighted by atomic mass is 32.1. The number of urea groups is 1. The van der Waals surface area contributed by atoms with Crippen molar-refractivity contribution in [3.05, 3.63) is 70.0 Å². The molecule has 0 saturated carbocycles. The molecule has 4 N–H and O–H groups in total. The van der Waals surface area contributed by atoms with Crippen molar-refractivity contribution < 1.29 is 19.8 Å². The van der Waals surface area contributed by atoms with Crippen molar-refractivity contribution in [1.29, 1.82) is 0 Å². The van der Waals surface area contributed by atoms with E-state index in [-0.39, 0.29) is 17.9 Å². The third-order valence-corrected chi connectivity index (χ3v) is 5.18. The molecule has 2 aromatic heterocycles. The molecule has 0 fully saturated rings. The number of carboxylic acids is 1. The van der Waals surface area contributed by atoms with Crippen molar-refractivity contribution in [3.8, 4) is 16.2 Å². The first-order chi connectivity index (χ1) is 13.8. The maximum absolute atomic E-state index is 12.4. The molecule has 0 radical (unpaired) electrons. The summed E-state index contributed by atoms with van der Waals surface area (Å²) in [5.41, 5.74) is 0.645. The molecule has 0 spiro atoms. The summed E-state index contributed by atoms with van der Waals surface area (Å²) < 4.78 is 1.20. The van der Waals surface area contributed by atoms with Crippen LogP contribution in [-0.4, -0.2) is 26.8 Å². The van der Waals surface area contributed by atoms with E-state index in [0.717, 1.165) is 10.4 Å². The molecule has 1 unspecified atom stereocenters. The molecule has 1 atom stereocenters. The molecule has 0 aliphatic heterocycles. The van der Waals surface area contributed by atoms with Gasteiger partial charge in [0.05, 0.1) is 12.5 Å². The van der Waals surface area contributed by atoms with E-state index in [2.05, 4.69) is 10.6 Å². The highest BCUT2D eigenvalue weighted by Crippen LogP contribution is 2.28. The van der Waals surface area contributed by atoms with Crippen molar-refractivity contribution >= 4 is 29.0 Å². The van der Waals surface area contributed by atoms with Gasteiger partial charge in [-0.3, -0.25) is 9.59 Å². The number of aromatic nitrogens is 1. The zero-order valence-electron chi connectivity index (χ0n) is 15.5. The Balaban J connectivity index is 1.84. The molecule has 0 bridgehead atoms. The molecule has 150 valence electrons. The number of pyridine rings is 1. The number of carbonyl (C=O) groups excluding carboxylic acids is 1. The van der Waals surface area contributed by atoms with Gasteiger partial charge < -0.3 is 25.4 Å². The number of carbonyl (C=O) groups is 2. The number of aliphatic carboxylic acids is 1. The van der Waals surface area contributed by atoms with Crippen LogP contribution in [0.4, 0.5) is 10.5 Å². The van der Waals surface area contributed by atoms with E-state index in [4.69, 9.17) is 0 Å². The van der Waals surface area contributed by atoms with Gasteiger partial charge in [0.1, 0.15) is 5.75 Å². The van der Waals surface area contributed by atoms with E-state index < -0.39 is 23.6 Å². The fraction of sp³-hybridized carbons (Fsp3) is 0.150. The quantitative estimate of drug-likeness (QED) is 0.495. The number of hydrogen-bond acceptors (Lipinski definition) is 5. The molecule has 29 heavy (non-hydrogen) atoms. The maximum atomic E-state index is 12.4. The first kappa shape index (κ1) is 20.2. The molecule has 1 aromatic carbocycles. The lowest BCUT2D eigenvalue weighted by Gasteiger charge is -2.19. The third kappa shape index (κ3) is 4.82. The molecular formula is C20H19N3O5S. The smallest absolute Gasteiger partial charge is 0.319 e. The Labute approximate surface area is 170 Å². The number of aromatic hydroxyl groups is 1. The second-order valence-electron chi connectivity index (χ2n) is 6.34. The van der Waals surface area contributed by atoms with E-state index in [1.807, 2.05) is 29.6 Å². The Morgan fingerprint density at radius 3 is 2.69 bits per heavy atom. The van der Waals surface area contributed by atoms with Crippen LogP contribution in [0.5, 0.6) is 5.75 Å². The van der Waals surface area contributed by atoms with Crippen LogP contribution in [0.3, 0.4) is 0 Å². The van der Waals surface area contributed by atoms with Crippen LogP contribution in [0.1, 0.15) is 18.0 Å². The molecule has 8 nitrogen and oxygen atoms in total.